The standard InChI is InChI=1S/C5H8N2O.ClH/c1-2-4-3-5(6)7-8-4;/h3H,2H2,1H3,(H2,6,7);1H. The second-order valence-electron chi connectivity index (χ2n) is 1.57. The topological polar surface area (TPSA) is 52.0 Å². The van der Waals surface area contributed by atoms with Crippen molar-refractivity contribution in [2.75, 3.05) is 5.73 Å². The minimum atomic E-state index is 0. The Bertz CT molecular complexity index is 175. The number of rotatable bonds is 1. The Morgan fingerprint density at radius 2 is 2.44 bits per heavy atom. The number of nitrogens with zero attached hydrogens (tertiary/aromatic N) is 1. The Labute approximate surface area is 59.6 Å². The summed E-state index contributed by atoms with van der Waals surface area (Å²) in [6, 6.07) is 1.72. The van der Waals surface area contributed by atoms with Crippen LogP contribution in [0.15, 0.2) is 10.6 Å². The lowest BCUT2D eigenvalue weighted by molar-refractivity contribution is 0.389. The minimum Gasteiger partial charge on any atom is -0.381 e. The van der Waals surface area contributed by atoms with Crippen LogP contribution in [0.5, 0.6) is 0 Å². The van der Waals surface area contributed by atoms with Crippen molar-refractivity contribution in [3.63, 3.8) is 0 Å². The maximum atomic E-state index is 5.25. The number of halogens is 1. The monoisotopic (exact) mass is 148 g/mol. The first-order chi connectivity index (χ1) is 3.83. The number of aryl methyl sites for hydroxylation is 1. The van der Waals surface area contributed by atoms with Gasteiger partial charge in [-0.25, -0.2) is 0 Å². The zero-order chi connectivity index (χ0) is 5.98. The van der Waals surface area contributed by atoms with Crippen LogP contribution in [0, 0.1) is 0 Å². The molecule has 3 nitrogen and oxygen atoms in total. The largest absolute Gasteiger partial charge is 0.381 e. The number of nitrogens with two attached hydrogens (primary N) is 1. The first-order valence-corrected chi connectivity index (χ1v) is 2.54. The predicted molar refractivity (Wildman–Crippen MR) is 37.5 cm³/mol. The van der Waals surface area contributed by atoms with Crippen molar-refractivity contribution in [3.05, 3.63) is 11.8 Å². The summed E-state index contributed by atoms with van der Waals surface area (Å²) in [5, 5.41) is 3.49. The number of hydrogen-bond acceptors (Lipinski definition) is 3. The highest BCUT2D eigenvalue weighted by atomic mass is 35.5. The molecular weight excluding hydrogens is 140 g/mol. The predicted octanol–water partition coefficient (Wildman–Crippen LogP) is 1.24. The van der Waals surface area contributed by atoms with Gasteiger partial charge < -0.3 is 10.3 Å². The van der Waals surface area contributed by atoms with E-state index in [1.54, 1.807) is 6.07 Å². The molecule has 4 heteroatoms. The Balaban J connectivity index is 0.000000640. The highest BCUT2D eigenvalue weighted by molar-refractivity contribution is 5.85. The first kappa shape index (κ1) is 8.30. The first-order valence-electron chi connectivity index (χ1n) is 2.54. The van der Waals surface area contributed by atoms with Gasteiger partial charge in [-0.3, -0.25) is 0 Å². The summed E-state index contributed by atoms with van der Waals surface area (Å²) in [5.74, 6) is 1.30. The maximum Gasteiger partial charge on any atom is 0.167 e. The van der Waals surface area contributed by atoms with Crippen molar-refractivity contribution in [2.45, 2.75) is 13.3 Å². The molecule has 0 radical (unpaired) electrons. The molecule has 0 saturated heterocycles. The lowest BCUT2D eigenvalue weighted by atomic mass is 10.4. The van der Waals surface area contributed by atoms with Crippen LogP contribution in [0.4, 0.5) is 5.82 Å². The third-order valence-corrected chi connectivity index (χ3v) is 0.926. The van der Waals surface area contributed by atoms with Gasteiger partial charge in [0.15, 0.2) is 5.82 Å². The van der Waals surface area contributed by atoms with E-state index in [4.69, 9.17) is 10.3 Å². The van der Waals surface area contributed by atoms with Crippen molar-refractivity contribution < 1.29 is 4.52 Å². The van der Waals surface area contributed by atoms with E-state index < -0.39 is 0 Å². The van der Waals surface area contributed by atoms with Gasteiger partial charge in [0, 0.05) is 12.5 Å². The van der Waals surface area contributed by atoms with E-state index in [9.17, 15) is 0 Å². The Morgan fingerprint density at radius 1 is 1.78 bits per heavy atom. The molecule has 1 aromatic heterocycles. The minimum absolute atomic E-state index is 0. The molecule has 0 bridgehead atoms. The molecule has 1 heterocycles. The average molecular weight is 149 g/mol. The Kier molecular flexibility index (Phi) is 3.09. The molecule has 0 aliphatic carbocycles. The molecule has 9 heavy (non-hydrogen) atoms. The highest BCUT2D eigenvalue weighted by Gasteiger charge is 1.94. The Morgan fingerprint density at radius 3 is 2.67 bits per heavy atom. The summed E-state index contributed by atoms with van der Waals surface area (Å²) in [7, 11) is 0. The van der Waals surface area contributed by atoms with Crippen molar-refractivity contribution in [3.8, 4) is 0 Å². The molecule has 0 fully saturated rings. The van der Waals surface area contributed by atoms with E-state index in [1.165, 1.54) is 0 Å². The van der Waals surface area contributed by atoms with Gasteiger partial charge in [0.1, 0.15) is 5.76 Å². The number of anilines is 1. The van der Waals surface area contributed by atoms with E-state index in [2.05, 4.69) is 5.16 Å². The van der Waals surface area contributed by atoms with Crippen LogP contribution >= 0.6 is 12.4 Å². The molecule has 0 aliphatic heterocycles. The lowest BCUT2D eigenvalue weighted by Gasteiger charge is -1.76. The normalized spacial score (nSPS) is 8.56. The van der Waals surface area contributed by atoms with Crippen molar-refractivity contribution >= 4 is 18.2 Å². The molecule has 0 unspecified atom stereocenters. The molecule has 0 atom stereocenters. The smallest absolute Gasteiger partial charge is 0.167 e. The fourth-order valence-electron chi connectivity index (χ4n) is 0.496. The molecule has 1 rings (SSSR count). The van der Waals surface area contributed by atoms with E-state index in [1.807, 2.05) is 6.92 Å². The van der Waals surface area contributed by atoms with Gasteiger partial charge in [0.2, 0.25) is 0 Å². The van der Waals surface area contributed by atoms with Crippen LogP contribution in [-0.2, 0) is 6.42 Å². The zero-order valence-electron chi connectivity index (χ0n) is 5.13. The van der Waals surface area contributed by atoms with Crippen molar-refractivity contribution in [1.82, 2.24) is 5.16 Å². The molecule has 0 amide bonds. The second-order valence-corrected chi connectivity index (χ2v) is 1.57. The number of aromatic nitrogens is 1. The lowest BCUT2D eigenvalue weighted by Crippen LogP contribution is -1.80. The molecular formula is C5H9ClN2O. The van der Waals surface area contributed by atoms with E-state index in [0.717, 1.165) is 12.2 Å². The van der Waals surface area contributed by atoms with Crippen LogP contribution in [-0.4, -0.2) is 5.16 Å². The average Bonchev–Trinajstić information content (AvgIpc) is 2.14. The van der Waals surface area contributed by atoms with Crippen LogP contribution in [0.3, 0.4) is 0 Å². The summed E-state index contributed by atoms with van der Waals surface area (Å²) in [4.78, 5) is 0. The van der Waals surface area contributed by atoms with Crippen LogP contribution in [0.2, 0.25) is 0 Å². The van der Waals surface area contributed by atoms with Crippen LogP contribution in [0.25, 0.3) is 0 Å². The molecule has 0 aromatic carbocycles. The quantitative estimate of drug-likeness (QED) is 0.652. The van der Waals surface area contributed by atoms with Gasteiger partial charge >= 0.3 is 0 Å². The van der Waals surface area contributed by atoms with Gasteiger partial charge in [-0.2, -0.15) is 0 Å². The fourth-order valence-corrected chi connectivity index (χ4v) is 0.496. The summed E-state index contributed by atoms with van der Waals surface area (Å²) >= 11 is 0. The van der Waals surface area contributed by atoms with E-state index in [-0.39, 0.29) is 12.4 Å². The summed E-state index contributed by atoms with van der Waals surface area (Å²) in [5.41, 5.74) is 5.25. The summed E-state index contributed by atoms with van der Waals surface area (Å²) in [6.07, 6.45) is 0.851. The molecule has 1 aromatic rings. The van der Waals surface area contributed by atoms with Crippen molar-refractivity contribution in [2.24, 2.45) is 0 Å². The van der Waals surface area contributed by atoms with Gasteiger partial charge in [0.05, 0.1) is 0 Å². The summed E-state index contributed by atoms with van der Waals surface area (Å²) in [6.45, 7) is 1.99. The third kappa shape index (κ3) is 1.93. The molecule has 52 valence electrons. The third-order valence-electron chi connectivity index (χ3n) is 0.926. The second kappa shape index (κ2) is 3.35. The maximum absolute atomic E-state index is 5.25. The van der Waals surface area contributed by atoms with Gasteiger partial charge in [-0.15, -0.1) is 12.4 Å². The zero-order valence-corrected chi connectivity index (χ0v) is 5.94. The molecule has 0 aliphatic rings. The van der Waals surface area contributed by atoms with Gasteiger partial charge in [-0.05, 0) is 0 Å². The summed E-state index contributed by atoms with van der Waals surface area (Å²) < 4.78 is 4.74. The fraction of sp³-hybridized carbons (Fsp3) is 0.400. The van der Waals surface area contributed by atoms with E-state index in [0.29, 0.717) is 5.82 Å². The SMILES string of the molecule is CCc1cc(N)no1.Cl. The van der Waals surface area contributed by atoms with Gasteiger partial charge in [-0.1, -0.05) is 12.1 Å². The number of hydrogen-bond donors (Lipinski definition) is 1. The highest BCUT2D eigenvalue weighted by Crippen LogP contribution is 2.03. The molecule has 0 saturated carbocycles. The Hall–Kier alpha value is -0.700. The van der Waals surface area contributed by atoms with Crippen LogP contribution < -0.4 is 5.73 Å². The molecule has 0 spiro atoms. The van der Waals surface area contributed by atoms with Crippen LogP contribution in [0.1, 0.15) is 12.7 Å². The number of nitrogen functional groups attached to an aromatic ring is 1. The van der Waals surface area contributed by atoms with E-state index >= 15 is 0 Å². The molecule has 2 N–H and O–H groups in total. The van der Waals surface area contributed by atoms with Crippen molar-refractivity contribution in [1.29, 1.82) is 0 Å². The van der Waals surface area contributed by atoms with Gasteiger partial charge in [0.25, 0.3) is 0 Å².